The van der Waals surface area contributed by atoms with E-state index in [0.717, 1.165) is 55.2 Å². The highest BCUT2D eigenvalue weighted by atomic mass is 35.5. The van der Waals surface area contributed by atoms with E-state index in [1.165, 1.54) is 10.5 Å². The van der Waals surface area contributed by atoms with Crippen LogP contribution in [0.2, 0.25) is 5.02 Å². The minimum absolute atomic E-state index is 0.0276. The Morgan fingerprint density at radius 2 is 1.82 bits per heavy atom. The Labute approximate surface area is 204 Å². The van der Waals surface area contributed by atoms with Crippen LogP contribution in [0.3, 0.4) is 0 Å². The summed E-state index contributed by atoms with van der Waals surface area (Å²) in [5.41, 5.74) is 4.01. The summed E-state index contributed by atoms with van der Waals surface area (Å²) in [6, 6.07) is 19.9. The van der Waals surface area contributed by atoms with E-state index >= 15 is 0 Å². The van der Waals surface area contributed by atoms with Gasteiger partial charge in [-0.25, -0.2) is 4.68 Å². The fourth-order valence-electron chi connectivity index (χ4n) is 4.66. The average molecular weight is 475 g/mol. The van der Waals surface area contributed by atoms with Crippen molar-refractivity contribution >= 4 is 23.2 Å². The summed E-state index contributed by atoms with van der Waals surface area (Å²) in [7, 11) is 0. The zero-order valence-corrected chi connectivity index (χ0v) is 20.0. The maximum absolute atomic E-state index is 12.8. The molecule has 1 fully saturated rings. The van der Waals surface area contributed by atoms with Crippen LogP contribution in [-0.4, -0.2) is 33.3 Å². The molecular weight excluding hydrogens is 446 g/mol. The molecule has 0 spiro atoms. The summed E-state index contributed by atoms with van der Waals surface area (Å²) in [5.74, 6) is 1.18. The van der Waals surface area contributed by atoms with Gasteiger partial charge in [0.15, 0.2) is 0 Å². The van der Waals surface area contributed by atoms with Gasteiger partial charge in [0.1, 0.15) is 12.4 Å². The molecule has 1 saturated heterocycles. The first-order valence-electron chi connectivity index (χ1n) is 11.7. The second-order valence-corrected chi connectivity index (χ2v) is 9.39. The number of piperidine rings is 1. The van der Waals surface area contributed by atoms with E-state index in [1.54, 1.807) is 0 Å². The van der Waals surface area contributed by atoms with Crippen molar-refractivity contribution in [3.63, 3.8) is 0 Å². The number of nitrogens with zero attached hydrogens (tertiary/aromatic N) is 3. The molecule has 7 heteroatoms. The Balaban J connectivity index is 1.26. The molecule has 3 heterocycles. The number of halogens is 1. The van der Waals surface area contributed by atoms with E-state index in [9.17, 15) is 4.79 Å². The van der Waals surface area contributed by atoms with Crippen molar-refractivity contribution in [2.75, 3.05) is 18.4 Å². The lowest BCUT2D eigenvalue weighted by Crippen LogP contribution is -3.11. The minimum Gasteiger partial charge on any atom is -0.331 e. The number of hydrogen-bond donors (Lipinski definition) is 2. The first kappa shape index (κ1) is 22.4. The quantitative estimate of drug-likeness (QED) is 0.443. The van der Waals surface area contributed by atoms with Crippen LogP contribution in [0.25, 0.3) is 11.5 Å². The SMILES string of the molecule is Cc1ccc(NC(=O)C2CC[NH+](Cc3cnn(-c4ccccc4)c3-n3cccc3)CC2)cc1Cl. The Morgan fingerprint density at radius 1 is 1.09 bits per heavy atom. The van der Waals surface area contributed by atoms with E-state index in [1.807, 2.05) is 66.3 Å². The first-order valence-corrected chi connectivity index (χ1v) is 12.1. The van der Waals surface area contributed by atoms with Crippen LogP contribution in [-0.2, 0) is 11.3 Å². The fourth-order valence-corrected chi connectivity index (χ4v) is 4.84. The molecule has 0 unspecified atom stereocenters. The van der Waals surface area contributed by atoms with Gasteiger partial charge in [-0.05, 0) is 48.9 Å². The maximum Gasteiger partial charge on any atom is 0.227 e. The average Bonchev–Trinajstić information content (AvgIpc) is 3.52. The summed E-state index contributed by atoms with van der Waals surface area (Å²) in [5, 5.41) is 8.44. The summed E-state index contributed by atoms with van der Waals surface area (Å²) in [6.45, 7) is 4.74. The van der Waals surface area contributed by atoms with Crippen molar-refractivity contribution in [1.29, 1.82) is 0 Å². The molecule has 2 N–H and O–H groups in total. The van der Waals surface area contributed by atoms with Gasteiger partial charge in [-0.2, -0.15) is 5.10 Å². The van der Waals surface area contributed by atoms with Gasteiger partial charge in [0.05, 0.1) is 30.5 Å². The van der Waals surface area contributed by atoms with Crippen molar-refractivity contribution in [3.8, 4) is 11.5 Å². The molecule has 6 nitrogen and oxygen atoms in total. The van der Waals surface area contributed by atoms with Crippen LogP contribution < -0.4 is 10.2 Å². The van der Waals surface area contributed by atoms with Crippen LogP contribution in [0.15, 0.2) is 79.3 Å². The van der Waals surface area contributed by atoms with Gasteiger partial charge in [0.2, 0.25) is 5.91 Å². The number of rotatable bonds is 6. The third-order valence-corrected chi connectivity index (χ3v) is 7.02. The van der Waals surface area contributed by atoms with Crippen LogP contribution in [0.4, 0.5) is 5.69 Å². The second-order valence-electron chi connectivity index (χ2n) is 8.99. The smallest absolute Gasteiger partial charge is 0.227 e. The van der Waals surface area contributed by atoms with E-state index in [2.05, 4.69) is 34.4 Å². The predicted octanol–water partition coefficient (Wildman–Crippen LogP) is 4.06. The highest BCUT2D eigenvalue weighted by molar-refractivity contribution is 6.31. The number of aromatic nitrogens is 3. The second kappa shape index (κ2) is 9.87. The van der Waals surface area contributed by atoms with E-state index in [-0.39, 0.29) is 11.8 Å². The number of amides is 1. The third-order valence-electron chi connectivity index (χ3n) is 6.61. The molecule has 34 heavy (non-hydrogen) atoms. The summed E-state index contributed by atoms with van der Waals surface area (Å²) >= 11 is 6.21. The fraction of sp³-hybridized carbons (Fsp3) is 0.259. The summed E-state index contributed by atoms with van der Waals surface area (Å²) < 4.78 is 4.13. The van der Waals surface area contributed by atoms with Crippen molar-refractivity contribution in [1.82, 2.24) is 14.3 Å². The molecule has 1 amide bonds. The summed E-state index contributed by atoms with van der Waals surface area (Å²) in [4.78, 5) is 14.3. The van der Waals surface area contributed by atoms with Crippen molar-refractivity contribution in [3.05, 3.63) is 95.4 Å². The highest BCUT2D eigenvalue weighted by Gasteiger charge is 2.29. The highest BCUT2D eigenvalue weighted by Crippen LogP contribution is 2.22. The number of nitrogens with one attached hydrogen (secondary N) is 2. The third kappa shape index (κ3) is 4.79. The molecule has 0 atom stereocenters. The van der Waals surface area contributed by atoms with Crippen LogP contribution >= 0.6 is 11.6 Å². The Kier molecular flexibility index (Phi) is 6.52. The molecule has 4 aromatic rings. The van der Waals surface area contributed by atoms with Gasteiger partial charge in [0.25, 0.3) is 0 Å². The molecular formula is C27H29ClN5O+. The van der Waals surface area contributed by atoms with Crippen LogP contribution in [0, 0.1) is 12.8 Å². The van der Waals surface area contributed by atoms with Gasteiger partial charge in [-0.1, -0.05) is 35.9 Å². The van der Waals surface area contributed by atoms with E-state index in [4.69, 9.17) is 16.7 Å². The van der Waals surface area contributed by atoms with E-state index in [0.29, 0.717) is 5.02 Å². The Hall–Kier alpha value is -3.35. The molecule has 174 valence electrons. The van der Waals surface area contributed by atoms with Gasteiger partial charge in [-0.15, -0.1) is 0 Å². The maximum atomic E-state index is 12.8. The number of quaternary nitrogens is 1. The van der Waals surface area contributed by atoms with Gasteiger partial charge < -0.3 is 14.8 Å². The monoisotopic (exact) mass is 474 g/mol. The Morgan fingerprint density at radius 3 is 2.53 bits per heavy atom. The zero-order chi connectivity index (χ0) is 23.5. The van der Waals surface area contributed by atoms with Gasteiger partial charge in [0, 0.05) is 41.9 Å². The molecule has 2 aromatic heterocycles. The topological polar surface area (TPSA) is 56.3 Å². The number of para-hydroxylation sites is 1. The van der Waals surface area contributed by atoms with Crippen LogP contribution in [0.5, 0.6) is 0 Å². The lowest BCUT2D eigenvalue weighted by molar-refractivity contribution is -0.919. The zero-order valence-electron chi connectivity index (χ0n) is 19.2. The molecule has 0 bridgehead atoms. The number of aryl methyl sites for hydroxylation is 1. The molecule has 1 aliphatic heterocycles. The van der Waals surface area contributed by atoms with Crippen molar-refractivity contribution in [2.45, 2.75) is 26.3 Å². The molecule has 1 aliphatic rings. The number of hydrogen-bond acceptors (Lipinski definition) is 2. The van der Waals surface area contributed by atoms with Crippen molar-refractivity contribution in [2.24, 2.45) is 5.92 Å². The normalized spacial score (nSPS) is 18.1. The largest absolute Gasteiger partial charge is 0.331 e. The predicted molar refractivity (Wildman–Crippen MR) is 135 cm³/mol. The lowest BCUT2D eigenvalue weighted by atomic mass is 9.95. The number of carbonyl (C=O) groups excluding carboxylic acids is 1. The van der Waals surface area contributed by atoms with Gasteiger partial charge >= 0.3 is 0 Å². The minimum atomic E-state index is 0.0276. The standard InChI is InChI=1S/C27H28ClN5O/c1-20-9-10-23(17-25(20)28)30-26(34)21-11-15-31(16-12-21)19-22-18-29-33(24-7-3-2-4-8-24)27(22)32-13-5-6-14-32/h2-10,13-14,17-18,21H,11-12,15-16,19H2,1H3,(H,30,34)/p+1. The Bertz CT molecular complexity index is 1260. The van der Waals surface area contributed by atoms with Crippen LogP contribution in [0.1, 0.15) is 24.0 Å². The van der Waals surface area contributed by atoms with Gasteiger partial charge in [-0.3, -0.25) is 4.79 Å². The molecule has 0 saturated carbocycles. The number of anilines is 1. The van der Waals surface area contributed by atoms with E-state index < -0.39 is 0 Å². The summed E-state index contributed by atoms with van der Waals surface area (Å²) in [6.07, 6.45) is 7.83. The lowest BCUT2D eigenvalue weighted by Gasteiger charge is -2.28. The molecule has 0 aliphatic carbocycles. The first-order chi connectivity index (χ1) is 16.6. The number of likely N-dealkylation sites (tertiary alicyclic amines) is 1. The number of carbonyl (C=O) groups is 1. The molecule has 5 rings (SSSR count). The molecule has 0 radical (unpaired) electrons. The van der Waals surface area contributed by atoms with Crippen molar-refractivity contribution < 1.29 is 9.69 Å². The number of benzene rings is 2. The molecule has 2 aromatic carbocycles.